The van der Waals surface area contributed by atoms with Gasteiger partial charge in [0.15, 0.2) is 0 Å². The summed E-state index contributed by atoms with van der Waals surface area (Å²) in [5, 5.41) is 43.7. The maximum Gasteiger partial charge on any atom is 0.314 e. The van der Waals surface area contributed by atoms with Crippen LogP contribution in [0.3, 0.4) is 0 Å². The number of nitro groups is 4. The first-order chi connectivity index (χ1) is 56.9. The van der Waals surface area contributed by atoms with Crippen LogP contribution >= 0.6 is 15.9 Å². The maximum absolute atomic E-state index is 11.7. The molecule has 31 heteroatoms. The number of hydrogen-bond donors (Lipinski definition) is 8. The van der Waals surface area contributed by atoms with Crippen LogP contribution in [0.2, 0.25) is 0 Å². The molecule has 6 aliphatic heterocycles. The Balaban J connectivity index is 0.000000161. The van der Waals surface area contributed by atoms with Crippen LogP contribution < -0.4 is 45.2 Å². The number of aromatic nitrogens is 4. The van der Waals surface area contributed by atoms with Crippen molar-refractivity contribution in [1.29, 1.82) is 0 Å². The van der Waals surface area contributed by atoms with E-state index in [0.717, 1.165) is 166 Å². The zero-order valence-corrected chi connectivity index (χ0v) is 73.1. The average Bonchev–Trinajstić information content (AvgIpc) is 0.748. The quantitative estimate of drug-likeness (QED) is 0.0273. The fourth-order valence-corrected chi connectivity index (χ4v) is 18.4. The van der Waals surface area contributed by atoms with E-state index in [1.54, 1.807) is 31.2 Å². The Morgan fingerprint density at radius 3 is 1.23 bits per heavy atom. The molecule has 0 amide bonds. The summed E-state index contributed by atoms with van der Waals surface area (Å²) in [6.45, 7) is 26.1. The number of likely N-dealkylation sites (N-methyl/N-ethyl adjacent to an activating group) is 6. The largest absolute Gasteiger partial charge is 0.398 e. The van der Waals surface area contributed by atoms with E-state index in [0.29, 0.717) is 61.6 Å². The summed E-state index contributed by atoms with van der Waals surface area (Å²) < 4.78 is 0.560. The lowest BCUT2D eigenvalue weighted by Crippen LogP contribution is -2.33. The number of aryl methyl sites for hydroxylation is 6. The van der Waals surface area contributed by atoms with Gasteiger partial charge < -0.3 is 72.3 Å². The van der Waals surface area contributed by atoms with Gasteiger partial charge >= 0.3 is 22.2 Å². The lowest BCUT2D eigenvalue weighted by atomic mass is 9.86. The summed E-state index contributed by atoms with van der Waals surface area (Å²) in [7, 11) is 12.6. The van der Waals surface area contributed by atoms with Crippen molar-refractivity contribution in [3.8, 4) is 0 Å². The van der Waals surface area contributed by atoms with Crippen LogP contribution in [0.15, 0.2) is 127 Å². The summed E-state index contributed by atoms with van der Waals surface area (Å²) >= 11 is 3.14. The van der Waals surface area contributed by atoms with E-state index >= 15 is 0 Å². The number of benzene rings is 7. The van der Waals surface area contributed by atoms with Crippen molar-refractivity contribution in [1.82, 2.24) is 49.3 Å². The van der Waals surface area contributed by atoms with Crippen LogP contribution in [0, 0.1) is 88.9 Å². The first-order valence-corrected chi connectivity index (χ1v) is 41.9. The minimum absolute atomic E-state index is 0.0313. The number of nitrogens with one attached hydrogen (secondary N) is 4. The summed E-state index contributed by atoms with van der Waals surface area (Å²) in [5.41, 5.74) is 41.5. The summed E-state index contributed by atoms with van der Waals surface area (Å²) in [4.78, 5) is 113. The molecule has 5 unspecified atom stereocenters. The molecular weight excluding hydrogens is 1590 g/mol. The molecule has 6 aliphatic rings. The van der Waals surface area contributed by atoms with Gasteiger partial charge in [-0.25, -0.2) is 0 Å². The van der Waals surface area contributed by atoms with E-state index in [2.05, 4.69) is 132 Å². The van der Waals surface area contributed by atoms with Gasteiger partial charge in [-0.05, 0) is 325 Å². The number of nitrogens with two attached hydrogens (primary N) is 4. The van der Waals surface area contributed by atoms with Gasteiger partial charge in [-0.1, -0.05) is 60.7 Å². The van der Waals surface area contributed by atoms with E-state index in [9.17, 15) is 59.6 Å². The number of halogens is 1. The maximum atomic E-state index is 11.7. The number of H-pyrrole nitrogens is 4. The van der Waals surface area contributed by atoms with Crippen molar-refractivity contribution < 1.29 is 19.7 Å². The minimum atomic E-state index is -0.803. The van der Waals surface area contributed by atoms with E-state index in [1.807, 2.05) is 77.3 Å². The smallest absolute Gasteiger partial charge is 0.314 e. The lowest BCUT2D eigenvalue weighted by Gasteiger charge is -2.31. The first-order valence-electron chi connectivity index (χ1n) is 41.1. The van der Waals surface area contributed by atoms with E-state index in [4.69, 9.17) is 22.9 Å². The molecular formula is C89H119BrN18O12. The van der Waals surface area contributed by atoms with Gasteiger partial charge in [0.1, 0.15) is 5.69 Å². The lowest BCUT2D eigenvalue weighted by molar-refractivity contribution is -0.385. The molecule has 0 aliphatic carbocycles. The molecule has 15 rings (SSSR count). The molecule has 0 saturated carbocycles. The van der Waals surface area contributed by atoms with E-state index in [-0.39, 0.29) is 33.6 Å². The fourth-order valence-electron chi connectivity index (χ4n) is 18.0. The van der Waals surface area contributed by atoms with Gasteiger partial charge in [0.2, 0.25) is 0 Å². The molecule has 0 radical (unpaired) electrons. The van der Waals surface area contributed by atoms with Crippen LogP contribution in [0.1, 0.15) is 173 Å². The number of nitrogens with zero attached hydrogens (tertiary/aromatic N) is 10. The Morgan fingerprint density at radius 1 is 0.375 bits per heavy atom. The Hall–Kier alpha value is -10.8. The summed E-state index contributed by atoms with van der Waals surface area (Å²) in [6.07, 6.45) is 14.4. The number of hydrogen-bond acceptors (Lipinski definition) is 22. The zero-order valence-electron chi connectivity index (χ0n) is 71.5. The highest BCUT2D eigenvalue weighted by Gasteiger charge is 2.32. The Morgan fingerprint density at radius 2 is 0.758 bits per heavy atom. The number of nitro benzene ring substituents is 4. The highest BCUT2D eigenvalue weighted by molar-refractivity contribution is 9.10. The third kappa shape index (κ3) is 23.6. The Bertz CT molecular complexity index is 5450. The second kappa shape index (κ2) is 42.4. The van der Waals surface area contributed by atoms with Gasteiger partial charge in [0.25, 0.3) is 22.7 Å². The van der Waals surface area contributed by atoms with E-state index in [1.165, 1.54) is 90.4 Å². The molecule has 12 N–H and O–H groups in total. The van der Waals surface area contributed by atoms with Gasteiger partial charge in [0, 0.05) is 81.3 Å². The van der Waals surface area contributed by atoms with Gasteiger partial charge in [-0.3, -0.25) is 59.6 Å². The molecule has 9 aromatic rings. The van der Waals surface area contributed by atoms with Crippen molar-refractivity contribution in [3.05, 3.63) is 262 Å². The number of fused-ring (bicyclic) bond motifs is 2. The molecule has 30 nitrogen and oxygen atoms in total. The number of piperidine rings is 5. The van der Waals surface area contributed by atoms with Crippen molar-refractivity contribution in [2.45, 2.75) is 149 Å². The topological polar surface area (TPSA) is 428 Å². The molecule has 5 saturated heterocycles. The number of nitrogen functional groups attached to an aromatic ring is 4. The Labute approximate surface area is 708 Å². The van der Waals surface area contributed by atoms with Crippen LogP contribution in [0.4, 0.5) is 45.5 Å². The van der Waals surface area contributed by atoms with Crippen LogP contribution in [0.5, 0.6) is 0 Å². The third-order valence-electron chi connectivity index (χ3n) is 23.9. The van der Waals surface area contributed by atoms with Gasteiger partial charge in [0.05, 0.1) is 63.2 Å². The Kier molecular flexibility index (Phi) is 32.9. The number of anilines is 4. The number of rotatable bonds is 10. The summed E-state index contributed by atoms with van der Waals surface area (Å²) in [5.74, 6) is 1.97. The minimum Gasteiger partial charge on any atom is -0.398 e. The predicted octanol–water partition coefficient (Wildman–Crippen LogP) is 14.5. The van der Waals surface area contributed by atoms with Crippen molar-refractivity contribution >= 4 is 89.1 Å². The molecule has 2 aromatic heterocycles. The highest BCUT2D eigenvalue weighted by atomic mass is 79.9. The highest BCUT2D eigenvalue weighted by Crippen LogP contribution is 2.42. The monoisotopic (exact) mass is 1710 g/mol. The molecule has 5 fully saturated rings. The predicted molar refractivity (Wildman–Crippen MR) is 485 cm³/mol. The van der Waals surface area contributed by atoms with Gasteiger partial charge in [-0.15, -0.1) is 0 Å². The SMILES string of the molecule is Cc1c([N+](=O)[O-])cc2[nH]c(=O)c(=O)[nH]c2c1C1CCCN(C)C1.Cc1ccc(N)c(N)c1C1CCCN(C)C1.Cc1ccc([N+](=O)[O-])c(N)c1C1CCCN(C)C1.Cc1ccc2[nH]c(=O)c(=O)[nH]c2c1C1CCCN(C)C1.Cc1cccc(N)c1C1CCCN(C)C1.Cc1cccc([N+](=O)[O-])c1Br.Cc1cccc([N+](=O)[O-])c1C1=CCCN(C)C1. The van der Waals surface area contributed by atoms with Gasteiger partial charge in [-0.2, -0.15) is 0 Å². The summed E-state index contributed by atoms with van der Waals surface area (Å²) in [6, 6.07) is 28.9. The van der Waals surface area contributed by atoms with Crippen LogP contribution in [-0.4, -0.2) is 190 Å². The van der Waals surface area contributed by atoms with Crippen molar-refractivity contribution in [2.24, 2.45) is 0 Å². The third-order valence-corrected chi connectivity index (χ3v) is 24.9. The molecule has 644 valence electrons. The zero-order chi connectivity index (χ0) is 87.7. The average molecular weight is 1710 g/mol. The van der Waals surface area contributed by atoms with E-state index < -0.39 is 37.0 Å². The molecule has 7 aromatic carbocycles. The van der Waals surface area contributed by atoms with Crippen molar-refractivity contribution in [3.63, 3.8) is 0 Å². The molecule has 0 spiro atoms. The number of aromatic amines is 4. The standard InChI is InChI=1S/C15H18N4O4.C15H19N3O2.C13H19N3O2.C13H21N3.C13H16N2O2.C13H20N2.C7H6BrNO2/c1-8-11(19(22)23)6-10-13(17-15(21)14(20)16-10)12(8)9-4-3-5-18(2)7-9;1-9-5-6-11-13(17-15(20)14(19)16-11)12(9)10-4-3-7-18(2)8-10;1-9-5-6-11(16(17)18)13(14)12(9)10-4-3-7-15(2)8-10;1-9-5-6-11(14)13(15)12(9)10-4-3-7-16(2)8-10;1-10-5-3-7-12(15(16)17)13(10)11-6-4-8-14(2)9-11;1-10-5-3-7-12(14)13(10)11-6-4-8-15(2)9-11;1-5-3-2-4-6(7(5)8)9(10)11/h6,9H,3-5,7H2,1-2H3,(H,16,20)(H,17,21);5-6,10H,3-4,7-8H2,1-2H3,(H,16,19)(H,17,20);5-6,10H,3-4,7-8,14H2,1-2H3;5-6,10H,3-4,7-8,14-15H2,1-2H3;3,5-7H,4,8-9H2,1-2H3;3,5,7,11H,4,6,8-9,14H2,1-2H3;2-4H,1H3. The van der Waals surface area contributed by atoms with Crippen LogP contribution in [0.25, 0.3) is 27.6 Å². The fraction of sp³-hybridized carbons (Fsp3) is 0.461. The number of likely N-dealkylation sites (tertiary alicyclic amines) is 5. The molecule has 0 bridgehead atoms. The van der Waals surface area contributed by atoms with Crippen LogP contribution in [-0.2, 0) is 0 Å². The molecule has 8 heterocycles. The first kappa shape index (κ1) is 93.1. The molecule has 120 heavy (non-hydrogen) atoms. The second-order valence-electron chi connectivity index (χ2n) is 33.2. The second-order valence-corrected chi connectivity index (χ2v) is 34.0. The molecule has 5 atom stereocenters. The van der Waals surface area contributed by atoms with Crippen molar-refractivity contribution in [2.75, 3.05) is 144 Å². The normalized spacial score (nSPS) is 19.3.